The molecule has 0 aliphatic heterocycles. The molecule has 0 radical (unpaired) electrons. The van der Waals surface area contributed by atoms with Gasteiger partial charge in [0.05, 0.1) is 0 Å². The molecule has 4 nitrogen and oxygen atoms in total. The predicted octanol–water partition coefficient (Wildman–Crippen LogP) is 3.63. The topological polar surface area (TPSA) is 54.6 Å². The SMILES string of the molecule is COc1ccc(N=C/C=C(\[Se]C#N)c2ccc(OC)cc2)cc1. The summed E-state index contributed by atoms with van der Waals surface area (Å²) >= 11 is -0.263. The van der Waals surface area contributed by atoms with Gasteiger partial charge >= 0.3 is 142 Å². The summed E-state index contributed by atoms with van der Waals surface area (Å²) in [5.74, 6) is 1.59. The third-order valence-electron chi connectivity index (χ3n) is 3.05. The van der Waals surface area contributed by atoms with Gasteiger partial charge in [0.1, 0.15) is 0 Å². The van der Waals surface area contributed by atoms with Crippen LogP contribution >= 0.6 is 0 Å². The summed E-state index contributed by atoms with van der Waals surface area (Å²) < 4.78 is 11.2. The van der Waals surface area contributed by atoms with Crippen LogP contribution in [0.15, 0.2) is 59.6 Å². The van der Waals surface area contributed by atoms with Crippen LogP contribution in [-0.2, 0) is 0 Å². The zero-order valence-electron chi connectivity index (χ0n) is 12.9. The first kappa shape index (κ1) is 16.8. The molecule has 23 heavy (non-hydrogen) atoms. The van der Waals surface area contributed by atoms with Crippen molar-refractivity contribution in [3.8, 4) is 16.5 Å². The van der Waals surface area contributed by atoms with Crippen molar-refractivity contribution in [1.29, 1.82) is 5.26 Å². The van der Waals surface area contributed by atoms with Crippen LogP contribution in [0, 0.1) is 10.2 Å². The molecule has 0 aromatic heterocycles. The Bertz CT molecular complexity index is 729. The summed E-state index contributed by atoms with van der Waals surface area (Å²) in [5, 5.41) is 9.03. The average molecular weight is 371 g/mol. The zero-order valence-corrected chi connectivity index (χ0v) is 14.6. The van der Waals surface area contributed by atoms with Gasteiger partial charge in [-0.25, -0.2) is 0 Å². The normalized spacial score (nSPS) is 11.3. The molecule has 0 N–H and O–H groups in total. The van der Waals surface area contributed by atoms with Gasteiger partial charge in [-0.2, -0.15) is 0 Å². The Balaban J connectivity index is 2.16. The molecule has 0 aliphatic carbocycles. The van der Waals surface area contributed by atoms with Crippen molar-refractivity contribution in [3.63, 3.8) is 0 Å². The van der Waals surface area contributed by atoms with Gasteiger partial charge in [-0.05, 0) is 0 Å². The second-order valence-corrected chi connectivity index (χ2v) is 6.16. The fourth-order valence-electron chi connectivity index (χ4n) is 1.85. The summed E-state index contributed by atoms with van der Waals surface area (Å²) in [6.45, 7) is 0. The van der Waals surface area contributed by atoms with E-state index in [-0.39, 0.29) is 15.0 Å². The van der Waals surface area contributed by atoms with Crippen molar-refractivity contribution >= 4 is 31.3 Å². The number of ether oxygens (including phenoxy) is 2. The van der Waals surface area contributed by atoms with Crippen LogP contribution < -0.4 is 9.47 Å². The molecule has 0 bridgehead atoms. The number of benzene rings is 2. The Morgan fingerprint density at radius 2 is 1.57 bits per heavy atom. The Hall–Kier alpha value is -2.54. The Labute approximate surface area is 142 Å². The van der Waals surface area contributed by atoms with E-state index in [1.807, 2.05) is 54.6 Å². The van der Waals surface area contributed by atoms with E-state index < -0.39 is 0 Å². The van der Waals surface area contributed by atoms with Gasteiger partial charge in [-0.3, -0.25) is 0 Å². The van der Waals surface area contributed by atoms with Gasteiger partial charge in [0.25, 0.3) is 0 Å². The van der Waals surface area contributed by atoms with Crippen molar-refractivity contribution < 1.29 is 9.47 Å². The van der Waals surface area contributed by atoms with Gasteiger partial charge in [0, 0.05) is 0 Å². The molecular formula is C18H16N2O2Se. The Morgan fingerprint density at radius 1 is 1.00 bits per heavy atom. The number of hydrogen-bond acceptors (Lipinski definition) is 4. The van der Waals surface area contributed by atoms with Crippen LogP contribution in [0.25, 0.3) is 4.47 Å². The van der Waals surface area contributed by atoms with Gasteiger partial charge < -0.3 is 0 Å². The fourth-order valence-corrected chi connectivity index (χ4v) is 2.86. The molecule has 0 fully saturated rings. The zero-order chi connectivity index (χ0) is 16.5. The fraction of sp³-hybridized carbons (Fsp3) is 0.111. The van der Waals surface area contributed by atoms with Crippen molar-refractivity contribution in [1.82, 2.24) is 0 Å². The van der Waals surface area contributed by atoms with E-state index in [1.165, 1.54) is 0 Å². The van der Waals surface area contributed by atoms with E-state index in [9.17, 15) is 0 Å². The first-order valence-electron chi connectivity index (χ1n) is 6.85. The van der Waals surface area contributed by atoms with Crippen LogP contribution in [-0.4, -0.2) is 35.4 Å². The average Bonchev–Trinajstić information content (AvgIpc) is 2.61. The predicted molar refractivity (Wildman–Crippen MR) is 93.5 cm³/mol. The van der Waals surface area contributed by atoms with Gasteiger partial charge in [-0.15, -0.1) is 0 Å². The molecule has 0 heterocycles. The molecule has 2 rings (SSSR count). The minimum atomic E-state index is -0.263. The second kappa shape index (κ2) is 8.79. The maximum atomic E-state index is 9.03. The first-order valence-corrected chi connectivity index (χ1v) is 8.57. The number of methoxy groups -OCH3 is 2. The van der Waals surface area contributed by atoms with Crippen LogP contribution in [0.1, 0.15) is 5.56 Å². The third-order valence-corrected chi connectivity index (χ3v) is 4.49. The summed E-state index contributed by atoms with van der Waals surface area (Å²) in [4.78, 5) is 6.63. The summed E-state index contributed by atoms with van der Waals surface area (Å²) in [5.41, 5.74) is 1.84. The molecule has 0 unspecified atom stereocenters. The molecule has 116 valence electrons. The monoisotopic (exact) mass is 372 g/mol. The van der Waals surface area contributed by atoms with Gasteiger partial charge in [0.15, 0.2) is 0 Å². The second-order valence-electron chi connectivity index (χ2n) is 4.43. The van der Waals surface area contributed by atoms with Crippen molar-refractivity contribution in [3.05, 3.63) is 60.2 Å². The number of nitrogens with zero attached hydrogens (tertiary/aromatic N) is 2. The van der Waals surface area contributed by atoms with Gasteiger partial charge in [-0.1, -0.05) is 0 Å². The van der Waals surface area contributed by atoms with E-state index in [0.717, 1.165) is 27.2 Å². The molecule has 0 saturated heterocycles. The summed E-state index contributed by atoms with van der Waals surface area (Å²) in [6.07, 6.45) is 3.61. The summed E-state index contributed by atoms with van der Waals surface area (Å²) in [6, 6.07) is 15.2. The van der Waals surface area contributed by atoms with E-state index in [4.69, 9.17) is 14.7 Å². The van der Waals surface area contributed by atoms with Crippen molar-refractivity contribution in [2.24, 2.45) is 4.99 Å². The van der Waals surface area contributed by atoms with Crippen molar-refractivity contribution in [2.45, 2.75) is 0 Å². The minimum absolute atomic E-state index is 0.263. The number of rotatable bonds is 6. The van der Waals surface area contributed by atoms with Crippen LogP contribution in [0.2, 0.25) is 0 Å². The third kappa shape index (κ3) is 5.00. The number of hydrogen-bond donors (Lipinski definition) is 0. The molecule has 0 spiro atoms. The molecule has 2 aromatic carbocycles. The summed E-state index contributed by atoms with van der Waals surface area (Å²) in [7, 11) is 3.26. The Morgan fingerprint density at radius 3 is 2.09 bits per heavy atom. The maximum absolute atomic E-state index is 9.03. The van der Waals surface area contributed by atoms with Gasteiger partial charge in [0.2, 0.25) is 0 Å². The van der Waals surface area contributed by atoms with Crippen LogP contribution in [0.3, 0.4) is 0 Å². The van der Waals surface area contributed by atoms with E-state index in [1.54, 1.807) is 20.4 Å². The molecule has 2 aromatic rings. The molecule has 0 aliphatic rings. The molecule has 0 amide bonds. The number of aliphatic imine (C=N–C) groups is 1. The van der Waals surface area contributed by atoms with E-state index in [0.29, 0.717) is 0 Å². The first-order chi connectivity index (χ1) is 11.3. The Kier molecular flexibility index (Phi) is 6.43. The number of allylic oxidation sites excluding steroid dienone is 1. The van der Waals surface area contributed by atoms with Crippen LogP contribution in [0.5, 0.6) is 11.5 Å². The standard InChI is InChI=1S/C18H16N2O2Se/c1-21-16-7-3-14(4-8-16)18(23-13-19)11-12-20-15-5-9-17(22-2)10-6-15/h3-12H,1-2H3/b18-11-,20-12?. The van der Waals surface area contributed by atoms with Crippen molar-refractivity contribution in [2.75, 3.05) is 14.2 Å². The molecule has 0 atom stereocenters. The molecule has 0 saturated carbocycles. The molecular weight excluding hydrogens is 355 g/mol. The van der Waals surface area contributed by atoms with E-state index >= 15 is 0 Å². The quantitative estimate of drug-likeness (QED) is 0.576. The van der Waals surface area contributed by atoms with E-state index in [2.05, 4.69) is 9.96 Å². The van der Waals surface area contributed by atoms with Crippen LogP contribution in [0.4, 0.5) is 5.69 Å². The molecule has 5 heteroatoms. The number of nitriles is 1.